The van der Waals surface area contributed by atoms with Crippen LogP contribution in [0.2, 0.25) is 0 Å². The zero-order valence-electron chi connectivity index (χ0n) is 17.9. The van der Waals surface area contributed by atoms with Gasteiger partial charge in [-0.2, -0.15) is 0 Å². The minimum Gasteiger partial charge on any atom is -0.378 e. The third-order valence-electron chi connectivity index (χ3n) is 6.53. The number of ether oxygens (including phenoxy) is 1. The second-order valence-electron chi connectivity index (χ2n) is 9.53. The number of benzene rings is 1. The number of amides is 1. The molecule has 1 amide bonds. The molecule has 0 atom stereocenters. The minimum absolute atomic E-state index is 0. The molecule has 1 aromatic carbocycles. The van der Waals surface area contributed by atoms with Crippen molar-refractivity contribution in [3.05, 3.63) is 34.9 Å². The maximum atomic E-state index is 13.1. The van der Waals surface area contributed by atoms with Gasteiger partial charge in [0.25, 0.3) is 5.91 Å². The van der Waals surface area contributed by atoms with Gasteiger partial charge in [0.2, 0.25) is 0 Å². The van der Waals surface area contributed by atoms with Crippen LogP contribution in [-0.4, -0.2) is 43.2 Å². The van der Waals surface area contributed by atoms with Crippen molar-refractivity contribution in [2.75, 3.05) is 26.2 Å². The van der Waals surface area contributed by atoms with E-state index in [1.807, 2.05) is 11.0 Å². The topological polar surface area (TPSA) is 55.6 Å². The van der Waals surface area contributed by atoms with Crippen molar-refractivity contribution >= 4 is 18.3 Å². The summed E-state index contributed by atoms with van der Waals surface area (Å²) in [6.07, 6.45) is 5.36. The number of fused-ring (bicyclic) bond motifs is 1. The predicted octanol–water partition coefficient (Wildman–Crippen LogP) is 4.43. The van der Waals surface area contributed by atoms with Crippen LogP contribution >= 0.6 is 12.4 Å². The van der Waals surface area contributed by atoms with E-state index < -0.39 is 0 Å². The van der Waals surface area contributed by atoms with Gasteiger partial charge >= 0.3 is 0 Å². The fourth-order valence-electron chi connectivity index (χ4n) is 4.46. The Hall–Kier alpha value is -1.10. The van der Waals surface area contributed by atoms with Gasteiger partial charge in [-0.05, 0) is 72.7 Å². The Labute approximate surface area is 176 Å². The zero-order chi connectivity index (χ0) is 19.7. The number of carbonyl (C=O) groups is 1. The van der Waals surface area contributed by atoms with Crippen LogP contribution in [0.5, 0.6) is 0 Å². The number of piperidine rings is 1. The standard InChI is InChI=1S/C23H36N2O2.ClH/c1-22(2)10-11-23(3,4)20-16-17(6-7-19(20)22)21(26)25-13-8-18(9-14-25)27-15-5-12-24;/h6-7,16,18H,5,8-15,24H2,1-4H3;1H. The van der Waals surface area contributed by atoms with Crippen molar-refractivity contribution in [3.63, 3.8) is 0 Å². The van der Waals surface area contributed by atoms with Gasteiger partial charge in [0.05, 0.1) is 6.10 Å². The summed E-state index contributed by atoms with van der Waals surface area (Å²) in [5.74, 6) is 0.164. The summed E-state index contributed by atoms with van der Waals surface area (Å²) in [7, 11) is 0. The summed E-state index contributed by atoms with van der Waals surface area (Å²) in [5, 5.41) is 0. The lowest BCUT2D eigenvalue weighted by atomic mass is 9.63. The van der Waals surface area contributed by atoms with E-state index in [1.54, 1.807) is 0 Å². The van der Waals surface area contributed by atoms with Crippen LogP contribution < -0.4 is 5.73 Å². The van der Waals surface area contributed by atoms with Crippen LogP contribution in [0.25, 0.3) is 0 Å². The van der Waals surface area contributed by atoms with Gasteiger partial charge in [-0.3, -0.25) is 4.79 Å². The number of hydrogen-bond donors (Lipinski definition) is 1. The molecular formula is C23H37ClN2O2. The number of rotatable bonds is 5. The quantitative estimate of drug-likeness (QED) is 0.733. The molecule has 1 aliphatic carbocycles. The number of hydrogen-bond acceptors (Lipinski definition) is 3. The van der Waals surface area contributed by atoms with Gasteiger partial charge in [0.15, 0.2) is 0 Å². The summed E-state index contributed by atoms with van der Waals surface area (Å²) in [5.41, 5.74) is 9.43. The summed E-state index contributed by atoms with van der Waals surface area (Å²) in [6.45, 7) is 12.2. The monoisotopic (exact) mass is 408 g/mol. The van der Waals surface area contributed by atoms with E-state index in [4.69, 9.17) is 10.5 Å². The maximum absolute atomic E-state index is 13.1. The second-order valence-corrected chi connectivity index (χ2v) is 9.53. The molecule has 2 aliphatic rings. The minimum atomic E-state index is 0. The van der Waals surface area contributed by atoms with Gasteiger partial charge in [-0.25, -0.2) is 0 Å². The molecule has 158 valence electrons. The second kappa shape index (κ2) is 9.15. The lowest BCUT2D eigenvalue weighted by Gasteiger charge is -2.42. The van der Waals surface area contributed by atoms with Crippen molar-refractivity contribution in [2.24, 2.45) is 5.73 Å². The molecule has 4 nitrogen and oxygen atoms in total. The lowest BCUT2D eigenvalue weighted by Crippen LogP contribution is -2.41. The lowest BCUT2D eigenvalue weighted by molar-refractivity contribution is 0.00844. The molecule has 28 heavy (non-hydrogen) atoms. The first-order chi connectivity index (χ1) is 12.7. The van der Waals surface area contributed by atoms with Gasteiger partial charge in [0, 0.05) is 25.3 Å². The normalized spacial score (nSPS) is 21.0. The van der Waals surface area contributed by atoms with Crippen LogP contribution in [0.1, 0.15) is 81.3 Å². The van der Waals surface area contributed by atoms with E-state index in [-0.39, 0.29) is 35.2 Å². The van der Waals surface area contributed by atoms with Crippen LogP contribution in [0, 0.1) is 0 Å². The van der Waals surface area contributed by atoms with Gasteiger partial charge in [-0.1, -0.05) is 33.8 Å². The number of carbonyl (C=O) groups excluding carboxylic acids is 1. The summed E-state index contributed by atoms with van der Waals surface area (Å²) >= 11 is 0. The van der Waals surface area contributed by atoms with E-state index >= 15 is 0 Å². The van der Waals surface area contributed by atoms with Crippen LogP contribution in [-0.2, 0) is 15.6 Å². The van der Waals surface area contributed by atoms with Crippen LogP contribution in [0.15, 0.2) is 18.2 Å². The van der Waals surface area contributed by atoms with Crippen LogP contribution in [0.3, 0.4) is 0 Å². The maximum Gasteiger partial charge on any atom is 0.253 e. The van der Waals surface area contributed by atoms with Crippen LogP contribution in [0.4, 0.5) is 0 Å². The molecule has 0 unspecified atom stereocenters. The van der Waals surface area contributed by atoms with Gasteiger partial charge < -0.3 is 15.4 Å². The van der Waals surface area contributed by atoms with E-state index in [1.165, 1.54) is 17.5 Å². The molecule has 0 aromatic heterocycles. The SMILES string of the molecule is CC1(C)CCC(C)(C)c2cc(C(=O)N3CCC(OCCCN)CC3)ccc21.Cl. The van der Waals surface area contributed by atoms with Crippen molar-refractivity contribution in [2.45, 2.75) is 76.7 Å². The average Bonchev–Trinajstić information content (AvgIpc) is 2.65. The summed E-state index contributed by atoms with van der Waals surface area (Å²) < 4.78 is 5.86. The molecule has 1 aromatic rings. The molecule has 3 rings (SSSR count). The third kappa shape index (κ3) is 4.90. The van der Waals surface area contributed by atoms with Gasteiger partial charge in [-0.15, -0.1) is 12.4 Å². The highest BCUT2D eigenvalue weighted by atomic mass is 35.5. The van der Waals surface area contributed by atoms with E-state index in [9.17, 15) is 4.79 Å². The summed E-state index contributed by atoms with van der Waals surface area (Å²) in [4.78, 5) is 15.1. The molecule has 1 heterocycles. The zero-order valence-corrected chi connectivity index (χ0v) is 18.7. The third-order valence-corrected chi connectivity index (χ3v) is 6.53. The molecule has 5 heteroatoms. The molecule has 0 saturated carbocycles. The van der Waals surface area contributed by atoms with Gasteiger partial charge in [0.1, 0.15) is 0 Å². The van der Waals surface area contributed by atoms with E-state index in [0.29, 0.717) is 6.54 Å². The van der Waals surface area contributed by atoms with Crippen molar-refractivity contribution in [3.8, 4) is 0 Å². The molecule has 0 bridgehead atoms. The average molecular weight is 409 g/mol. The molecule has 2 N–H and O–H groups in total. The Kier molecular flexibility index (Phi) is 7.57. The molecule has 0 radical (unpaired) electrons. The fraction of sp³-hybridized carbons (Fsp3) is 0.696. The van der Waals surface area contributed by atoms with Crippen molar-refractivity contribution < 1.29 is 9.53 Å². The smallest absolute Gasteiger partial charge is 0.253 e. The number of nitrogens with zero attached hydrogens (tertiary/aromatic N) is 1. The molecule has 0 spiro atoms. The number of halogens is 1. The first kappa shape index (κ1) is 23.2. The highest BCUT2D eigenvalue weighted by Gasteiger charge is 2.37. The Morgan fingerprint density at radius 1 is 1.11 bits per heavy atom. The fourth-order valence-corrected chi connectivity index (χ4v) is 4.46. The number of likely N-dealkylation sites (tertiary alicyclic amines) is 1. The van der Waals surface area contributed by atoms with Crippen molar-refractivity contribution in [1.82, 2.24) is 4.90 Å². The largest absolute Gasteiger partial charge is 0.378 e. The Morgan fingerprint density at radius 2 is 1.71 bits per heavy atom. The molecular weight excluding hydrogens is 372 g/mol. The van der Waals surface area contributed by atoms with E-state index in [2.05, 4.69) is 39.8 Å². The predicted molar refractivity (Wildman–Crippen MR) is 118 cm³/mol. The Balaban J connectivity index is 0.00000280. The molecule has 1 saturated heterocycles. The van der Waals surface area contributed by atoms with Crippen molar-refractivity contribution in [1.29, 1.82) is 0 Å². The Morgan fingerprint density at radius 3 is 2.32 bits per heavy atom. The van der Waals surface area contributed by atoms with E-state index in [0.717, 1.165) is 50.9 Å². The molecule has 1 aliphatic heterocycles. The first-order valence-electron chi connectivity index (χ1n) is 10.5. The highest BCUT2D eigenvalue weighted by Crippen LogP contribution is 2.46. The highest BCUT2D eigenvalue weighted by molar-refractivity contribution is 5.94. The molecule has 1 fully saturated rings. The Bertz CT molecular complexity index is 679. The number of nitrogens with two attached hydrogens (primary N) is 1. The summed E-state index contributed by atoms with van der Waals surface area (Å²) in [6, 6.07) is 6.41. The first-order valence-corrected chi connectivity index (χ1v) is 10.5.